The lowest BCUT2D eigenvalue weighted by molar-refractivity contribution is 0.245. The third kappa shape index (κ3) is 3.51. The molecule has 1 saturated heterocycles. The Kier molecular flexibility index (Phi) is 4.76. The van der Waals surface area contributed by atoms with Gasteiger partial charge in [0.15, 0.2) is 0 Å². The summed E-state index contributed by atoms with van der Waals surface area (Å²) in [6.07, 6.45) is 2.12. The molecule has 1 aliphatic heterocycles. The quantitative estimate of drug-likeness (QED) is 0.698. The van der Waals surface area contributed by atoms with Crippen molar-refractivity contribution >= 4 is 5.69 Å². The largest absolute Gasteiger partial charge is 0.367 e. The second kappa shape index (κ2) is 7.34. The molecule has 3 aromatic rings. The predicted molar refractivity (Wildman–Crippen MR) is 104 cm³/mol. The van der Waals surface area contributed by atoms with Crippen LogP contribution >= 0.6 is 0 Å². The minimum atomic E-state index is -0.130. The van der Waals surface area contributed by atoms with Gasteiger partial charge in [-0.05, 0) is 48.9 Å². The average molecular weight is 349 g/mol. The number of piperazine rings is 1. The van der Waals surface area contributed by atoms with E-state index in [1.54, 1.807) is 6.07 Å². The minimum absolute atomic E-state index is 0.130. The Morgan fingerprint density at radius 3 is 2.46 bits per heavy atom. The van der Waals surface area contributed by atoms with E-state index < -0.39 is 0 Å². The van der Waals surface area contributed by atoms with E-state index in [4.69, 9.17) is 0 Å². The molecular formula is C22H24FN3. The Bertz CT molecular complexity index is 878. The number of nitrogens with zero attached hydrogens (tertiary/aromatic N) is 3. The molecule has 1 fully saturated rings. The molecular weight excluding hydrogens is 325 g/mol. The van der Waals surface area contributed by atoms with E-state index >= 15 is 0 Å². The summed E-state index contributed by atoms with van der Waals surface area (Å²) < 4.78 is 16.3. The first-order valence-corrected chi connectivity index (χ1v) is 9.16. The van der Waals surface area contributed by atoms with Crippen LogP contribution in [0.5, 0.6) is 0 Å². The smallest absolute Gasteiger partial charge is 0.146 e. The van der Waals surface area contributed by atoms with Crippen molar-refractivity contribution in [2.24, 2.45) is 0 Å². The second-order valence-electron chi connectivity index (χ2n) is 6.92. The predicted octanol–water partition coefficient (Wildman–Crippen LogP) is 4.25. The summed E-state index contributed by atoms with van der Waals surface area (Å²) in [7, 11) is 0. The summed E-state index contributed by atoms with van der Waals surface area (Å²) in [5.41, 5.74) is 4.47. The van der Waals surface area contributed by atoms with E-state index in [9.17, 15) is 4.39 Å². The Balaban J connectivity index is 1.43. The number of halogens is 1. The van der Waals surface area contributed by atoms with Crippen molar-refractivity contribution in [1.82, 2.24) is 9.47 Å². The molecule has 0 bridgehead atoms. The van der Waals surface area contributed by atoms with Gasteiger partial charge in [-0.1, -0.05) is 24.3 Å². The normalized spacial score (nSPS) is 15.4. The van der Waals surface area contributed by atoms with Gasteiger partial charge in [-0.15, -0.1) is 0 Å². The van der Waals surface area contributed by atoms with Gasteiger partial charge in [0.2, 0.25) is 0 Å². The van der Waals surface area contributed by atoms with Crippen LogP contribution in [0.1, 0.15) is 11.3 Å². The van der Waals surface area contributed by atoms with Crippen molar-refractivity contribution in [3.05, 3.63) is 83.9 Å². The number of hydrogen-bond acceptors (Lipinski definition) is 2. The summed E-state index contributed by atoms with van der Waals surface area (Å²) in [6.45, 7) is 6.61. The number of aromatic nitrogens is 1. The van der Waals surface area contributed by atoms with Crippen LogP contribution in [0.4, 0.5) is 10.1 Å². The van der Waals surface area contributed by atoms with Gasteiger partial charge in [0, 0.05) is 50.3 Å². The highest BCUT2D eigenvalue weighted by molar-refractivity contribution is 5.48. The third-order valence-electron chi connectivity index (χ3n) is 5.06. The molecule has 0 spiro atoms. The van der Waals surface area contributed by atoms with Gasteiger partial charge in [-0.2, -0.15) is 0 Å². The Hall–Kier alpha value is -2.59. The lowest BCUT2D eigenvalue weighted by atomic mass is 10.2. The van der Waals surface area contributed by atoms with Crippen molar-refractivity contribution in [3.8, 4) is 5.69 Å². The molecule has 0 atom stereocenters. The van der Waals surface area contributed by atoms with E-state index in [1.807, 2.05) is 12.1 Å². The molecule has 134 valence electrons. The maximum atomic E-state index is 14.0. The van der Waals surface area contributed by atoms with Gasteiger partial charge in [-0.25, -0.2) is 4.39 Å². The first kappa shape index (κ1) is 16.9. The highest BCUT2D eigenvalue weighted by Crippen LogP contribution is 2.21. The Labute approximate surface area is 154 Å². The molecule has 4 rings (SSSR count). The van der Waals surface area contributed by atoms with Gasteiger partial charge in [-0.3, -0.25) is 4.90 Å². The maximum absolute atomic E-state index is 14.0. The van der Waals surface area contributed by atoms with Crippen molar-refractivity contribution in [2.45, 2.75) is 13.5 Å². The molecule has 2 heterocycles. The topological polar surface area (TPSA) is 11.4 Å². The van der Waals surface area contributed by atoms with E-state index in [1.165, 1.54) is 23.0 Å². The van der Waals surface area contributed by atoms with Crippen molar-refractivity contribution < 1.29 is 4.39 Å². The summed E-state index contributed by atoms with van der Waals surface area (Å²) in [5, 5.41) is 0. The van der Waals surface area contributed by atoms with E-state index in [0.717, 1.165) is 38.4 Å². The van der Waals surface area contributed by atoms with Gasteiger partial charge in [0.1, 0.15) is 5.82 Å². The van der Waals surface area contributed by atoms with Crippen LogP contribution in [-0.2, 0) is 6.54 Å². The molecule has 2 aromatic carbocycles. The summed E-state index contributed by atoms with van der Waals surface area (Å²) in [5.74, 6) is -0.130. The minimum Gasteiger partial charge on any atom is -0.367 e. The molecule has 26 heavy (non-hydrogen) atoms. The van der Waals surface area contributed by atoms with E-state index in [-0.39, 0.29) is 5.82 Å². The van der Waals surface area contributed by atoms with E-state index in [2.05, 4.69) is 63.9 Å². The molecule has 1 aromatic heterocycles. The number of para-hydroxylation sites is 1. The summed E-state index contributed by atoms with van der Waals surface area (Å²) >= 11 is 0. The molecule has 0 amide bonds. The van der Waals surface area contributed by atoms with Crippen LogP contribution < -0.4 is 4.90 Å². The SMILES string of the molecule is Cc1cccc(-n2cccc2CN2CCN(c3ccccc3F)CC2)c1. The zero-order valence-electron chi connectivity index (χ0n) is 15.1. The molecule has 0 radical (unpaired) electrons. The fourth-order valence-electron chi connectivity index (χ4n) is 3.66. The average Bonchev–Trinajstić information content (AvgIpc) is 3.11. The molecule has 0 unspecified atom stereocenters. The number of benzene rings is 2. The third-order valence-corrected chi connectivity index (χ3v) is 5.06. The lowest BCUT2D eigenvalue weighted by Gasteiger charge is -2.36. The Morgan fingerprint density at radius 1 is 0.885 bits per heavy atom. The second-order valence-corrected chi connectivity index (χ2v) is 6.92. The molecule has 1 aliphatic rings. The lowest BCUT2D eigenvalue weighted by Crippen LogP contribution is -2.46. The number of aryl methyl sites for hydroxylation is 1. The van der Waals surface area contributed by atoms with Crippen LogP contribution in [-0.4, -0.2) is 35.6 Å². The van der Waals surface area contributed by atoms with Gasteiger partial charge in [0.25, 0.3) is 0 Å². The van der Waals surface area contributed by atoms with Crippen molar-refractivity contribution in [1.29, 1.82) is 0 Å². The monoisotopic (exact) mass is 349 g/mol. The highest BCUT2D eigenvalue weighted by Gasteiger charge is 2.20. The number of hydrogen-bond donors (Lipinski definition) is 0. The highest BCUT2D eigenvalue weighted by atomic mass is 19.1. The van der Waals surface area contributed by atoms with Gasteiger partial charge < -0.3 is 9.47 Å². The van der Waals surface area contributed by atoms with Crippen molar-refractivity contribution in [2.75, 3.05) is 31.1 Å². The molecule has 3 nitrogen and oxygen atoms in total. The maximum Gasteiger partial charge on any atom is 0.146 e. The zero-order chi connectivity index (χ0) is 17.9. The van der Waals surface area contributed by atoms with Crippen LogP contribution in [0, 0.1) is 12.7 Å². The fraction of sp³-hybridized carbons (Fsp3) is 0.273. The molecule has 0 aliphatic carbocycles. The first-order valence-electron chi connectivity index (χ1n) is 9.16. The number of rotatable bonds is 4. The molecule has 4 heteroatoms. The van der Waals surface area contributed by atoms with Crippen LogP contribution in [0.2, 0.25) is 0 Å². The fourth-order valence-corrected chi connectivity index (χ4v) is 3.66. The molecule has 0 N–H and O–H groups in total. The Morgan fingerprint density at radius 2 is 1.69 bits per heavy atom. The van der Waals surface area contributed by atoms with Crippen LogP contribution in [0.3, 0.4) is 0 Å². The van der Waals surface area contributed by atoms with Crippen molar-refractivity contribution in [3.63, 3.8) is 0 Å². The first-order chi connectivity index (χ1) is 12.7. The summed E-state index contributed by atoms with van der Waals surface area (Å²) in [6, 6.07) is 19.9. The number of anilines is 1. The summed E-state index contributed by atoms with van der Waals surface area (Å²) in [4.78, 5) is 4.59. The van der Waals surface area contributed by atoms with Gasteiger partial charge in [0.05, 0.1) is 5.69 Å². The molecule has 0 saturated carbocycles. The standard InChI is InChI=1S/C22H24FN3/c1-18-6-4-7-19(16-18)26-11-5-8-20(26)17-24-12-14-25(15-13-24)22-10-3-2-9-21(22)23/h2-11,16H,12-15,17H2,1H3. The van der Waals surface area contributed by atoms with E-state index in [0.29, 0.717) is 0 Å². The zero-order valence-corrected chi connectivity index (χ0v) is 15.1. The van der Waals surface area contributed by atoms with Crippen LogP contribution in [0.25, 0.3) is 5.69 Å². The van der Waals surface area contributed by atoms with Crippen LogP contribution in [0.15, 0.2) is 66.9 Å². The van der Waals surface area contributed by atoms with Gasteiger partial charge >= 0.3 is 0 Å².